The summed E-state index contributed by atoms with van der Waals surface area (Å²) in [6, 6.07) is 4.07. The molecule has 2 atom stereocenters. The van der Waals surface area contributed by atoms with E-state index in [9.17, 15) is 9.18 Å². The topological polar surface area (TPSA) is 55.8 Å². The molecular formula is C15H19FO4. The highest BCUT2D eigenvalue weighted by molar-refractivity contribution is 5.87. The Morgan fingerprint density at radius 2 is 2.05 bits per heavy atom. The quantitative estimate of drug-likeness (QED) is 0.922. The van der Waals surface area contributed by atoms with Crippen molar-refractivity contribution < 1.29 is 23.8 Å². The molecule has 2 rings (SSSR count). The van der Waals surface area contributed by atoms with Crippen LogP contribution in [0.15, 0.2) is 18.2 Å². The highest BCUT2D eigenvalue weighted by Crippen LogP contribution is 2.23. The standard InChI is InChI=1S/C15H19FO4/c1-9-5-12(6-10(2)20-9)19-8-11-3-4-13(15(17)18)14(16)7-11/h3-4,7,9-10,12H,5-6,8H2,1-2H3,(H,17,18). The van der Waals surface area contributed by atoms with Crippen LogP contribution in [0.4, 0.5) is 4.39 Å². The van der Waals surface area contributed by atoms with Gasteiger partial charge in [0, 0.05) is 0 Å². The number of rotatable bonds is 4. The minimum Gasteiger partial charge on any atom is -0.478 e. The molecule has 5 heteroatoms. The third kappa shape index (κ3) is 3.77. The van der Waals surface area contributed by atoms with Crippen molar-refractivity contribution in [2.45, 2.75) is 51.6 Å². The Balaban J connectivity index is 1.94. The van der Waals surface area contributed by atoms with E-state index in [1.807, 2.05) is 13.8 Å². The first-order valence-corrected chi connectivity index (χ1v) is 6.74. The Kier molecular flexibility index (Phi) is 4.73. The molecular weight excluding hydrogens is 263 g/mol. The minimum absolute atomic E-state index is 0.0935. The highest BCUT2D eigenvalue weighted by atomic mass is 19.1. The van der Waals surface area contributed by atoms with Crippen molar-refractivity contribution in [2.75, 3.05) is 0 Å². The van der Waals surface area contributed by atoms with Gasteiger partial charge in [-0.15, -0.1) is 0 Å². The number of carbonyl (C=O) groups is 1. The van der Waals surface area contributed by atoms with Gasteiger partial charge in [0.05, 0.1) is 30.5 Å². The van der Waals surface area contributed by atoms with Crippen LogP contribution in [0.5, 0.6) is 0 Å². The van der Waals surface area contributed by atoms with Gasteiger partial charge in [-0.25, -0.2) is 9.18 Å². The van der Waals surface area contributed by atoms with Crippen LogP contribution in [0.3, 0.4) is 0 Å². The van der Waals surface area contributed by atoms with E-state index in [4.69, 9.17) is 14.6 Å². The third-order valence-electron chi connectivity index (χ3n) is 3.40. The van der Waals surface area contributed by atoms with E-state index in [1.165, 1.54) is 12.1 Å². The van der Waals surface area contributed by atoms with Gasteiger partial charge in [-0.3, -0.25) is 0 Å². The van der Waals surface area contributed by atoms with Crippen molar-refractivity contribution in [3.8, 4) is 0 Å². The molecule has 1 aromatic rings. The van der Waals surface area contributed by atoms with E-state index in [1.54, 1.807) is 6.07 Å². The molecule has 0 bridgehead atoms. The zero-order valence-corrected chi connectivity index (χ0v) is 11.6. The SMILES string of the molecule is CC1CC(OCc2ccc(C(=O)O)c(F)c2)CC(C)O1. The average Bonchev–Trinajstić information content (AvgIpc) is 2.35. The maximum absolute atomic E-state index is 13.5. The molecule has 0 spiro atoms. The molecule has 110 valence electrons. The lowest BCUT2D eigenvalue weighted by atomic mass is 10.0. The second-order valence-corrected chi connectivity index (χ2v) is 5.28. The predicted octanol–water partition coefficient (Wildman–Crippen LogP) is 3.00. The van der Waals surface area contributed by atoms with E-state index in [0.29, 0.717) is 5.56 Å². The van der Waals surface area contributed by atoms with Crippen molar-refractivity contribution in [1.82, 2.24) is 0 Å². The molecule has 4 nitrogen and oxygen atoms in total. The van der Waals surface area contributed by atoms with Gasteiger partial charge < -0.3 is 14.6 Å². The first kappa shape index (κ1) is 14.9. The first-order valence-electron chi connectivity index (χ1n) is 6.74. The molecule has 1 aromatic carbocycles. The summed E-state index contributed by atoms with van der Waals surface area (Å²) in [5.74, 6) is -1.99. The van der Waals surface area contributed by atoms with Crippen molar-refractivity contribution in [3.63, 3.8) is 0 Å². The molecule has 0 aliphatic carbocycles. The lowest BCUT2D eigenvalue weighted by Crippen LogP contribution is -2.34. The van der Waals surface area contributed by atoms with E-state index >= 15 is 0 Å². The van der Waals surface area contributed by atoms with Crippen LogP contribution in [-0.2, 0) is 16.1 Å². The van der Waals surface area contributed by atoms with Gasteiger partial charge in [0.2, 0.25) is 0 Å². The number of hydrogen-bond acceptors (Lipinski definition) is 3. The zero-order valence-electron chi connectivity index (χ0n) is 11.6. The molecule has 1 aliphatic rings. The number of hydrogen-bond donors (Lipinski definition) is 1. The fourth-order valence-electron chi connectivity index (χ4n) is 2.52. The fourth-order valence-corrected chi connectivity index (χ4v) is 2.52. The normalized spacial score (nSPS) is 26.4. The van der Waals surface area contributed by atoms with Gasteiger partial charge in [0.1, 0.15) is 5.82 Å². The Bertz CT molecular complexity index is 479. The summed E-state index contributed by atoms with van der Waals surface area (Å²) in [6.07, 6.45) is 2.06. The minimum atomic E-state index is -1.26. The van der Waals surface area contributed by atoms with Crippen LogP contribution in [0.2, 0.25) is 0 Å². The molecule has 0 amide bonds. The average molecular weight is 282 g/mol. The smallest absolute Gasteiger partial charge is 0.338 e. The van der Waals surface area contributed by atoms with Crippen LogP contribution in [0.25, 0.3) is 0 Å². The van der Waals surface area contributed by atoms with Gasteiger partial charge in [-0.2, -0.15) is 0 Å². The Morgan fingerprint density at radius 1 is 1.40 bits per heavy atom. The number of aromatic carboxylic acids is 1. The molecule has 0 radical (unpaired) electrons. The van der Waals surface area contributed by atoms with Gasteiger partial charge in [-0.1, -0.05) is 6.07 Å². The summed E-state index contributed by atoms with van der Waals surface area (Å²) in [5, 5.41) is 8.76. The summed E-state index contributed by atoms with van der Waals surface area (Å²) in [4.78, 5) is 10.7. The summed E-state index contributed by atoms with van der Waals surface area (Å²) in [6.45, 7) is 4.29. The largest absolute Gasteiger partial charge is 0.478 e. The summed E-state index contributed by atoms with van der Waals surface area (Å²) >= 11 is 0. The predicted molar refractivity (Wildman–Crippen MR) is 71.2 cm³/mol. The van der Waals surface area contributed by atoms with Crippen molar-refractivity contribution in [3.05, 3.63) is 35.1 Å². The molecule has 1 heterocycles. The van der Waals surface area contributed by atoms with E-state index in [0.717, 1.165) is 12.8 Å². The second-order valence-electron chi connectivity index (χ2n) is 5.28. The lowest BCUT2D eigenvalue weighted by Gasteiger charge is -2.32. The molecule has 0 aromatic heterocycles. The highest BCUT2D eigenvalue weighted by Gasteiger charge is 2.25. The van der Waals surface area contributed by atoms with Crippen LogP contribution in [0, 0.1) is 5.82 Å². The summed E-state index contributed by atoms with van der Waals surface area (Å²) in [7, 11) is 0. The Morgan fingerprint density at radius 3 is 2.60 bits per heavy atom. The second kappa shape index (κ2) is 6.33. The van der Waals surface area contributed by atoms with E-state index < -0.39 is 11.8 Å². The third-order valence-corrected chi connectivity index (χ3v) is 3.40. The van der Waals surface area contributed by atoms with Gasteiger partial charge in [0.25, 0.3) is 0 Å². The Labute approximate surface area is 117 Å². The maximum atomic E-state index is 13.5. The number of carboxylic acid groups (broad SMARTS) is 1. The molecule has 1 fully saturated rings. The molecule has 1 N–H and O–H groups in total. The molecule has 0 saturated carbocycles. The van der Waals surface area contributed by atoms with Crippen LogP contribution < -0.4 is 0 Å². The molecule has 1 saturated heterocycles. The first-order chi connectivity index (χ1) is 9.45. The number of ether oxygens (including phenoxy) is 2. The van der Waals surface area contributed by atoms with Crippen LogP contribution in [-0.4, -0.2) is 29.4 Å². The van der Waals surface area contributed by atoms with E-state index in [-0.39, 0.29) is 30.5 Å². The summed E-state index contributed by atoms with van der Waals surface area (Å²) in [5.41, 5.74) is 0.321. The van der Waals surface area contributed by atoms with Crippen LogP contribution >= 0.6 is 0 Å². The van der Waals surface area contributed by atoms with Gasteiger partial charge in [0.15, 0.2) is 0 Å². The molecule has 1 aliphatic heterocycles. The molecule has 2 unspecified atom stereocenters. The Hall–Kier alpha value is -1.46. The number of halogens is 1. The zero-order chi connectivity index (χ0) is 14.7. The molecule has 20 heavy (non-hydrogen) atoms. The van der Waals surface area contributed by atoms with Crippen molar-refractivity contribution in [2.24, 2.45) is 0 Å². The number of benzene rings is 1. The monoisotopic (exact) mass is 282 g/mol. The number of carboxylic acids is 1. The van der Waals surface area contributed by atoms with Crippen molar-refractivity contribution in [1.29, 1.82) is 0 Å². The van der Waals surface area contributed by atoms with Gasteiger partial charge in [-0.05, 0) is 44.4 Å². The summed E-state index contributed by atoms with van der Waals surface area (Å²) < 4.78 is 24.9. The lowest BCUT2D eigenvalue weighted by molar-refractivity contribution is -0.106. The van der Waals surface area contributed by atoms with Crippen molar-refractivity contribution >= 4 is 5.97 Å². The maximum Gasteiger partial charge on any atom is 0.338 e. The van der Waals surface area contributed by atoms with Gasteiger partial charge >= 0.3 is 5.97 Å². The van der Waals surface area contributed by atoms with E-state index in [2.05, 4.69) is 0 Å². The fraction of sp³-hybridized carbons (Fsp3) is 0.533. The van der Waals surface area contributed by atoms with Crippen LogP contribution in [0.1, 0.15) is 42.6 Å².